The van der Waals surface area contributed by atoms with Crippen LogP contribution in [0.3, 0.4) is 0 Å². The van der Waals surface area contributed by atoms with E-state index in [4.69, 9.17) is 0 Å². The van der Waals surface area contributed by atoms with Crippen LogP contribution in [0.15, 0.2) is 53.4 Å². The van der Waals surface area contributed by atoms with Crippen molar-refractivity contribution < 1.29 is 21.6 Å². The van der Waals surface area contributed by atoms with Crippen molar-refractivity contribution in [2.45, 2.75) is 11.8 Å². The number of carbonyl (C=O) groups excluding carboxylic acids is 1. The highest BCUT2D eigenvalue weighted by Gasteiger charge is 2.43. The summed E-state index contributed by atoms with van der Waals surface area (Å²) in [5.41, 5.74) is 0.989. The minimum atomic E-state index is -4.17. The molecule has 0 radical (unpaired) electrons. The molecule has 0 aromatic heterocycles. The smallest absolute Gasteiger partial charge is 0.270 e. The van der Waals surface area contributed by atoms with Crippen molar-refractivity contribution in [1.29, 1.82) is 0 Å². The molecule has 3 rings (SSSR count). The molecule has 0 atom stereocenters. The molecule has 0 fully saturated rings. The standard InChI is InChI=1S/C15H14N2O5S2/c1-11-6-2-4-8-13(11)16-23(19,20)10-17-15(18)12-7-3-5-9-14(12)24(17,21)22/h2-9,16H,10H2,1H3. The number of hydrogen-bond acceptors (Lipinski definition) is 5. The lowest BCUT2D eigenvalue weighted by Gasteiger charge is -2.17. The van der Waals surface area contributed by atoms with E-state index in [1.165, 1.54) is 24.3 Å². The number of aryl methyl sites for hydroxylation is 1. The number of sulfonamides is 2. The molecule has 0 saturated carbocycles. The maximum absolute atomic E-state index is 12.4. The lowest BCUT2D eigenvalue weighted by atomic mass is 10.2. The van der Waals surface area contributed by atoms with Crippen molar-refractivity contribution >= 4 is 31.6 Å². The van der Waals surface area contributed by atoms with E-state index in [-0.39, 0.29) is 10.5 Å². The molecule has 1 aliphatic heterocycles. The van der Waals surface area contributed by atoms with E-state index in [9.17, 15) is 21.6 Å². The molecular formula is C15H14N2O5S2. The summed E-state index contributed by atoms with van der Waals surface area (Å²) in [6.07, 6.45) is 0. The number of anilines is 1. The Morgan fingerprint density at radius 1 is 1.04 bits per heavy atom. The lowest BCUT2D eigenvalue weighted by Crippen LogP contribution is -2.37. The number of benzene rings is 2. The topological polar surface area (TPSA) is 101 Å². The summed E-state index contributed by atoms with van der Waals surface area (Å²) in [7, 11) is -8.25. The molecule has 9 heteroatoms. The summed E-state index contributed by atoms with van der Waals surface area (Å²) >= 11 is 0. The minimum Gasteiger partial charge on any atom is -0.282 e. The fourth-order valence-corrected chi connectivity index (χ4v) is 5.66. The number of hydrogen-bond donors (Lipinski definition) is 1. The van der Waals surface area contributed by atoms with Crippen LogP contribution in [0.25, 0.3) is 0 Å². The Morgan fingerprint density at radius 3 is 2.33 bits per heavy atom. The normalized spacial score (nSPS) is 16.0. The van der Waals surface area contributed by atoms with Gasteiger partial charge in [0.25, 0.3) is 26.0 Å². The SMILES string of the molecule is Cc1ccccc1NS(=O)(=O)CN1C(=O)c2ccccc2S1(=O)=O. The molecule has 0 bridgehead atoms. The van der Waals surface area contributed by atoms with E-state index in [0.717, 1.165) is 0 Å². The minimum absolute atomic E-state index is 0.0245. The Balaban J connectivity index is 1.92. The maximum atomic E-state index is 12.4. The Morgan fingerprint density at radius 2 is 1.67 bits per heavy atom. The lowest BCUT2D eigenvalue weighted by molar-refractivity contribution is 0.0885. The first kappa shape index (κ1) is 16.5. The Bertz CT molecular complexity index is 1030. The Kier molecular flexibility index (Phi) is 3.84. The molecule has 1 heterocycles. The van der Waals surface area contributed by atoms with E-state index in [1.807, 2.05) is 0 Å². The molecule has 1 N–H and O–H groups in total. The zero-order chi connectivity index (χ0) is 17.5. The zero-order valence-corrected chi connectivity index (χ0v) is 14.3. The van der Waals surface area contributed by atoms with Crippen LogP contribution in [0.2, 0.25) is 0 Å². The molecule has 0 unspecified atom stereocenters. The van der Waals surface area contributed by atoms with Gasteiger partial charge in [-0.1, -0.05) is 30.3 Å². The van der Waals surface area contributed by atoms with Crippen LogP contribution in [0.5, 0.6) is 0 Å². The third-order valence-electron chi connectivity index (χ3n) is 3.61. The molecular weight excluding hydrogens is 352 g/mol. The maximum Gasteiger partial charge on any atom is 0.270 e. The first-order valence-electron chi connectivity index (χ1n) is 6.94. The van der Waals surface area contributed by atoms with Gasteiger partial charge in [0.2, 0.25) is 0 Å². The van der Waals surface area contributed by atoms with Crippen LogP contribution in [-0.2, 0) is 20.0 Å². The highest BCUT2D eigenvalue weighted by Crippen LogP contribution is 2.30. The van der Waals surface area contributed by atoms with Gasteiger partial charge in [-0.2, -0.15) is 0 Å². The summed E-state index contributed by atoms with van der Waals surface area (Å²) < 4.78 is 52.1. The van der Waals surface area contributed by atoms with E-state index in [2.05, 4.69) is 4.72 Å². The van der Waals surface area contributed by atoms with E-state index in [0.29, 0.717) is 15.6 Å². The van der Waals surface area contributed by atoms with Gasteiger partial charge in [-0.05, 0) is 30.7 Å². The van der Waals surface area contributed by atoms with Crippen molar-refractivity contribution in [2.75, 3.05) is 10.6 Å². The molecule has 2 aromatic rings. The van der Waals surface area contributed by atoms with Gasteiger partial charge in [0, 0.05) is 0 Å². The predicted octanol–water partition coefficient (Wildman–Crippen LogP) is 1.54. The second-order valence-electron chi connectivity index (χ2n) is 5.32. The van der Waals surface area contributed by atoms with Crippen LogP contribution < -0.4 is 4.72 Å². The second kappa shape index (κ2) is 5.60. The summed E-state index contributed by atoms with van der Waals surface area (Å²) in [5.74, 6) is -1.82. The molecule has 0 spiro atoms. The average molecular weight is 366 g/mol. The molecule has 0 saturated heterocycles. The fourth-order valence-electron chi connectivity index (χ4n) is 2.40. The van der Waals surface area contributed by atoms with Gasteiger partial charge in [-0.3, -0.25) is 9.52 Å². The van der Waals surface area contributed by atoms with Gasteiger partial charge >= 0.3 is 0 Å². The molecule has 2 aromatic carbocycles. The monoisotopic (exact) mass is 366 g/mol. The first-order valence-corrected chi connectivity index (χ1v) is 10.0. The summed E-state index contributed by atoms with van der Waals surface area (Å²) in [4.78, 5) is 12.1. The average Bonchev–Trinajstić information content (AvgIpc) is 2.71. The van der Waals surface area contributed by atoms with Crippen LogP contribution in [-0.4, -0.2) is 32.9 Å². The van der Waals surface area contributed by atoms with Gasteiger partial charge in [-0.25, -0.2) is 21.1 Å². The summed E-state index contributed by atoms with van der Waals surface area (Å²) in [6.45, 7) is 1.71. The highest BCUT2D eigenvalue weighted by atomic mass is 32.2. The molecule has 1 amide bonds. The molecule has 7 nitrogen and oxygen atoms in total. The van der Waals surface area contributed by atoms with Crippen molar-refractivity contribution in [2.24, 2.45) is 0 Å². The Labute approximate surface area is 140 Å². The van der Waals surface area contributed by atoms with Gasteiger partial charge in [0.15, 0.2) is 5.88 Å². The van der Waals surface area contributed by atoms with E-state index < -0.39 is 31.8 Å². The second-order valence-corrected chi connectivity index (χ2v) is 8.84. The molecule has 1 aliphatic rings. The summed E-state index contributed by atoms with van der Waals surface area (Å²) in [5, 5.41) is 0. The van der Waals surface area contributed by atoms with Gasteiger partial charge in [0.1, 0.15) is 4.90 Å². The van der Waals surface area contributed by atoms with Crippen molar-refractivity contribution in [1.82, 2.24) is 4.31 Å². The van der Waals surface area contributed by atoms with Gasteiger partial charge in [0.05, 0.1) is 11.3 Å². The molecule has 126 valence electrons. The quantitative estimate of drug-likeness (QED) is 0.884. The Hall–Kier alpha value is -2.39. The number of para-hydroxylation sites is 1. The van der Waals surface area contributed by atoms with E-state index >= 15 is 0 Å². The van der Waals surface area contributed by atoms with Gasteiger partial charge in [-0.15, -0.1) is 0 Å². The first-order chi connectivity index (χ1) is 11.2. The number of rotatable bonds is 4. The predicted molar refractivity (Wildman–Crippen MR) is 88.4 cm³/mol. The van der Waals surface area contributed by atoms with Crippen molar-refractivity contribution in [3.8, 4) is 0 Å². The van der Waals surface area contributed by atoms with Crippen LogP contribution >= 0.6 is 0 Å². The number of nitrogens with zero attached hydrogens (tertiary/aromatic N) is 1. The van der Waals surface area contributed by atoms with Crippen molar-refractivity contribution in [3.05, 3.63) is 59.7 Å². The van der Waals surface area contributed by atoms with Crippen LogP contribution in [0.4, 0.5) is 5.69 Å². The van der Waals surface area contributed by atoms with Crippen LogP contribution in [0, 0.1) is 6.92 Å². The molecule has 0 aliphatic carbocycles. The summed E-state index contributed by atoms with van der Waals surface area (Å²) in [6, 6.07) is 12.3. The highest BCUT2D eigenvalue weighted by molar-refractivity contribution is 7.95. The fraction of sp³-hybridized carbons (Fsp3) is 0.133. The zero-order valence-electron chi connectivity index (χ0n) is 12.6. The number of carbonyl (C=O) groups is 1. The van der Waals surface area contributed by atoms with Gasteiger partial charge < -0.3 is 0 Å². The third kappa shape index (κ3) is 2.76. The molecule has 24 heavy (non-hydrogen) atoms. The number of nitrogens with one attached hydrogen (secondary N) is 1. The largest absolute Gasteiger partial charge is 0.282 e. The number of amides is 1. The number of fused-ring (bicyclic) bond motifs is 1. The van der Waals surface area contributed by atoms with Crippen LogP contribution in [0.1, 0.15) is 15.9 Å². The van der Waals surface area contributed by atoms with E-state index in [1.54, 1.807) is 31.2 Å². The van der Waals surface area contributed by atoms with Crippen molar-refractivity contribution in [3.63, 3.8) is 0 Å². The third-order valence-corrected chi connectivity index (χ3v) is 6.69.